The first-order valence-electron chi connectivity index (χ1n) is 6.69. The molecule has 0 aliphatic rings. The Morgan fingerprint density at radius 1 is 0.750 bits per heavy atom. The molecule has 0 N–H and O–H groups in total. The molecule has 0 amide bonds. The molecule has 0 bridgehead atoms. The Hall–Kier alpha value is -2.48. The van der Waals surface area contributed by atoms with Crippen molar-refractivity contribution >= 4 is 0 Å². The fourth-order valence-corrected chi connectivity index (χ4v) is 2.17. The van der Waals surface area contributed by atoms with Crippen molar-refractivity contribution in [3.8, 4) is 22.6 Å². The Morgan fingerprint density at radius 2 is 1.55 bits per heavy atom. The Balaban J connectivity index is 2.03. The molecule has 20 heavy (non-hydrogen) atoms. The number of aryl methyl sites for hydroxylation is 2. The number of aromatic nitrogens is 2. The highest BCUT2D eigenvalue weighted by Crippen LogP contribution is 2.21. The quantitative estimate of drug-likeness (QED) is 0.681. The van der Waals surface area contributed by atoms with Gasteiger partial charge >= 0.3 is 0 Å². The molecule has 0 spiro atoms. The van der Waals surface area contributed by atoms with Crippen molar-refractivity contribution in [2.45, 2.75) is 13.8 Å². The van der Waals surface area contributed by atoms with E-state index in [0.29, 0.717) is 0 Å². The highest BCUT2D eigenvalue weighted by Gasteiger charge is 2.04. The first-order chi connectivity index (χ1) is 9.72. The lowest BCUT2D eigenvalue weighted by atomic mass is 10.1. The summed E-state index contributed by atoms with van der Waals surface area (Å²) in [5.41, 5.74) is 5.60. The van der Waals surface area contributed by atoms with Crippen LogP contribution in [0.5, 0.6) is 0 Å². The minimum Gasteiger partial charge on any atom is -0.237 e. The van der Waals surface area contributed by atoms with Gasteiger partial charge in [-0.1, -0.05) is 53.6 Å². The van der Waals surface area contributed by atoms with Crippen LogP contribution in [0, 0.1) is 13.8 Å². The standard InChI is InChI=1S/C18H16N2/c1-13-6-8-15(9-7-13)18-19-11-10-17(20-18)16-5-3-4-14(2)12-16/h3-12H,1-2H3. The van der Waals surface area contributed by atoms with Crippen molar-refractivity contribution in [3.63, 3.8) is 0 Å². The molecule has 0 atom stereocenters. The largest absolute Gasteiger partial charge is 0.237 e. The Kier molecular flexibility index (Phi) is 3.30. The fraction of sp³-hybridized carbons (Fsp3) is 0.111. The van der Waals surface area contributed by atoms with Crippen molar-refractivity contribution in [1.29, 1.82) is 0 Å². The first kappa shape index (κ1) is 12.5. The SMILES string of the molecule is Cc1ccc(-c2nccc(-c3cccc(C)c3)n2)cc1. The lowest BCUT2D eigenvalue weighted by molar-refractivity contribution is 1.18. The lowest BCUT2D eigenvalue weighted by Crippen LogP contribution is -1.91. The molecule has 0 radical (unpaired) electrons. The third-order valence-electron chi connectivity index (χ3n) is 3.28. The molecule has 0 aliphatic heterocycles. The highest BCUT2D eigenvalue weighted by atomic mass is 14.9. The van der Waals surface area contributed by atoms with Crippen LogP contribution in [0.2, 0.25) is 0 Å². The van der Waals surface area contributed by atoms with Gasteiger partial charge in [0, 0.05) is 17.3 Å². The molecular formula is C18H16N2. The van der Waals surface area contributed by atoms with E-state index < -0.39 is 0 Å². The molecule has 1 heterocycles. The summed E-state index contributed by atoms with van der Waals surface area (Å²) in [6, 6.07) is 18.6. The zero-order valence-electron chi connectivity index (χ0n) is 11.7. The third kappa shape index (κ3) is 2.59. The molecule has 0 saturated heterocycles. The summed E-state index contributed by atoms with van der Waals surface area (Å²) in [5, 5.41) is 0. The smallest absolute Gasteiger partial charge is 0.159 e. The summed E-state index contributed by atoms with van der Waals surface area (Å²) < 4.78 is 0. The minimum atomic E-state index is 0.768. The molecule has 98 valence electrons. The van der Waals surface area contributed by atoms with Crippen molar-refractivity contribution < 1.29 is 0 Å². The van der Waals surface area contributed by atoms with Crippen molar-refractivity contribution in [2.75, 3.05) is 0 Å². The molecule has 2 aromatic carbocycles. The third-order valence-corrected chi connectivity index (χ3v) is 3.28. The molecule has 0 saturated carbocycles. The summed E-state index contributed by atoms with van der Waals surface area (Å²) in [6.07, 6.45) is 1.82. The second kappa shape index (κ2) is 5.25. The van der Waals surface area contributed by atoms with Gasteiger partial charge in [-0.05, 0) is 26.0 Å². The van der Waals surface area contributed by atoms with Gasteiger partial charge in [0.2, 0.25) is 0 Å². The van der Waals surface area contributed by atoms with E-state index >= 15 is 0 Å². The van der Waals surface area contributed by atoms with Gasteiger partial charge in [0.15, 0.2) is 5.82 Å². The van der Waals surface area contributed by atoms with Crippen LogP contribution >= 0.6 is 0 Å². The van der Waals surface area contributed by atoms with Gasteiger partial charge < -0.3 is 0 Å². The van der Waals surface area contributed by atoms with E-state index in [1.165, 1.54) is 11.1 Å². The van der Waals surface area contributed by atoms with Gasteiger partial charge in [-0.2, -0.15) is 0 Å². The molecule has 2 heteroatoms. The van der Waals surface area contributed by atoms with E-state index in [0.717, 1.165) is 22.6 Å². The number of hydrogen-bond acceptors (Lipinski definition) is 2. The van der Waals surface area contributed by atoms with Crippen LogP contribution in [0.3, 0.4) is 0 Å². The molecule has 0 fully saturated rings. The lowest BCUT2D eigenvalue weighted by Gasteiger charge is -2.05. The van der Waals surface area contributed by atoms with E-state index in [9.17, 15) is 0 Å². The maximum atomic E-state index is 4.67. The molecule has 1 aromatic heterocycles. The topological polar surface area (TPSA) is 25.8 Å². The predicted molar refractivity (Wildman–Crippen MR) is 82.4 cm³/mol. The average molecular weight is 260 g/mol. The number of benzene rings is 2. The van der Waals surface area contributed by atoms with Gasteiger partial charge in [-0.15, -0.1) is 0 Å². The monoisotopic (exact) mass is 260 g/mol. The number of rotatable bonds is 2. The van der Waals surface area contributed by atoms with Crippen molar-refractivity contribution in [1.82, 2.24) is 9.97 Å². The number of hydrogen-bond donors (Lipinski definition) is 0. The molecule has 2 nitrogen and oxygen atoms in total. The summed E-state index contributed by atoms with van der Waals surface area (Å²) >= 11 is 0. The van der Waals surface area contributed by atoms with Gasteiger partial charge in [-0.25, -0.2) is 9.97 Å². The zero-order chi connectivity index (χ0) is 13.9. The second-order valence-electron chi connectivity index (χ2n) is 5.00. The zero-order valence-corrected chi connectivity index (χ0v) is 11.7. The number of nitrogens with zero attached hydrogens (tertiary/aromatic N) is 2. The second-order valence-corrected chi connectivity index (χ2v) is 5.00. The van der Waals surface area contributed by atoms with E-state index in [4.69, 9.17) is 0 Å². The first-order valence-corrected chi connectivity index (χ1v) is 6.69. The van der Waals surface area contributed by atoms with Gasteiger partial charge in [0.05, 0.1) is 5.69 Å². The summed E-state index contributed by atoms with van der Waals surface area (Å²) in [7, 11) is 0. The summed E-state index contributed by atoms with van der Waals surface area (Å²) in [6.45, 7) is 4.17. The van der Waals surface area contributed by atoms with E-state index in [1.54, 1.807) is 0 Å². The van der Waals surface area contributed by atoms with Gasteiger partial charge in [-0.3, -0.25) is 0 Å². The molecule has 0 aliphatic carbocycles. The maximum Gasteiger partial charge on any atom is 0.159 e. The van der Waals surface area contributed by atoms with Crippen LogP contribution in [0.25, 0.3) is 22.6 Å². The Bertz CT molecular complexity index is 730. The summed E-state index contributed by atoms with van der Waals surface area (Å²) in [4.78, 5) is 9.05. The van der Waals surface area contributed by atoms with Gasteiger partial charge in [0.1, 0.15) is 0 Å². The van der Waals surface area contributed by atoms with Gasteiger partial charge in [0.25, 0.3) is 0 Å². The van der Waals surface area contributed by atoms with E-state index in [1.807, 2.05) is 12.3 Å². The minimum absolute atomic E-state index is 0.768. The predicted octanol–water partition coefficient (Wildman–Crippen LogP) is 4.43. The Morgan fingerprint density at radius 3 is 2.30 bits per heavy atom. The molecule has 3 rings (SSSR count). The van der Waals surface area contributed by atoms with Crippen LogP contribution in [0.4, 0.5) is 0 Å². The fourth-order valence-electron chi connectivity index (χ4n) is 2.17. The maximum absolute atomic E-state index is 4.67. The van der Waals surface area contributed by atoms with Crippen LogP contribution in [0.15, 0.2) is 60.8 Å². The highest BCUT2D eigenvalue weighted by molar-refractivity contribution is 5.64. The van der Waals surface area contributed by atoms with Crippen LogP contribution < -0.4 is 0 Å². The normalized spacial score (nSPS) is 10.5. The molecular weight excluding hydrogens is 244 g/mol. The van der Waals surface area contributed by atoms with E-state index in [-0.39, 0.29) is 0 Å². The summed E-state index contributed by atoms with van der Waals surface area (Å²) in [5.74, 6) is 0.768. The Labute approximate surface area is 119 Å². The van der Waals surface area contributed by atoms with E-state index in [2.05, 4.69) is 72.3 Å². The van der Waals surface area contributed by atoms with Crippen molar-refractivity contribution in [3.05, 3.63) is 71.9 Å². The van der Waals surface area contributed by atoms with Crippen molar-refractivity contribution in [2.24, 2.45) is 0 Å². The molecule has 3 aromatic rings. The van der Waals surface area contributed by atoms with Crippen LogP contribution in [0.1, 0.15) is 11.1 Å². The van der Waals surface area contributed by atoms with Crippen LogP contribution in [-0.2, 0) is 0 Å². The molecule has 0 unspecified atom stereocenters. The average Bonchev–Trinajstić information content (AvgIpc) is 2.48. The van der Waals surface area contributed by atoms with Crippen LogP contribution in [-0.4, -0.2) is 9.97 Å².